The van der Waals surface area contributed by atoms with Crippen LogP contribution in [0.3, 0.4) is 0 Å². The fraction of sp³-hybridized carbons (Fsp3) is 0.286. The summed E-state index contributed by atoms with van der Waals surface area (Å²) in [6, 6.07) is 16.8. The van der Waals surface area contributed by atoms with Crippen molar-refractivity contribution in [3.05, 3.63) is 60.4 Å². The molecule has 1 aliphatic rings. The second kappa shape index (κ2) is 7.40. The van der Waals surface area contributed by atoms with E-state index in [4.69, 9.17) is 10.1 Å². The molecule has 0 radical (unpaired) electrons. The highest BCUT2D eigenvalue weighted by Gasteiger charge is 2.19. The fourth-order valence-corrected chi connectivity index (χ4v) is 3.53. The molecule has 0 amide bonds. The van der Waals surface area contributed by atoms with Gasteiger partial charge in [0.05, 0.1) is 12.1 Å². The molecular weight excluding hydrogens is 329 g/mol. The number of fused-ring (bicyclic) bond motifs is 1. The van der Waals surface area contributed by atoms with Crippen molar-refractivity contribution in [2.45, 2.75) is 0 Å². The minimum absolute atomic E-state index is 0.197. The van der Waals surface area contributed by atoms with Crippen LogP contribution in [0.5, 0.6) is 0 Å². The largest absolute Gasteiger partial charge is 0.395 e. The zero-order valence-electron chi connectivity index (χ0n) is 14.6. The lowest BCUT2D eigenvalue weighted by atomic mass is 10.0. The van der Waals surface area contributed by atoms with Gasteiger partial charge in [-0.25, -0.2) is 9.37 Å². The highest BCUT2D eigenvalue weighted by molar-refractivity contribution is 5.96. The third-order valence-corrected chi connectivity index (χ3v) is 4.97. The van der Waals surface area contributed by atoms with Gasteiger partial charge in [-0.15, -0.1) is 0 Å². The van der Waals surface area contributed by atoms with E-state index in [1.165, 1.54) is 12.1 Å². The number of para-hydroxylation sites is 1. The maximum Gasteiger partial charge on any atom is 0.129 e. The molecule has 0 saturated carbocycles. The molecule has 1 aliphatic heterocycles. The Kier molecular flexibility index (Phi) is 4.82. The van der Waals surface area contributed by atoms with Crippen LogP contribution in [0.1, 0.15) is 0 Å². The van der Waals surface area contributed by atoms with Crippen LogP contribution >= 0.6 is 0 Å². The van der Waals surface area contributed by atoms with Crippen LogP contribution in [0.4, 0.5) is 10.2 Å². The van der Waals surface area contributed by atoms with E-state index in [0.717, 1.165) is 60.6 Å². The Morgan fingerprint density at radius 3 is 2.42 bits per heavy atom. The number of piperazine rings is 1. The first kappa shape index (κ1) is 16.9. The number of hydrogen-bond donors (Lipinski definition) is 1. The van der Waals surface area contributed by atoms with Gasteiger partial charge in [0.25, 0.3) is 0 Å². The lowest BCUT2D eigenvalue weighted by Crippen LogP contribution is -2.47. The number of rotatable bonds is 4. The van der Waals surface area contributed by atoms with Crippen molar-refractivity contribution in [1.29, 1.82) is 0 Å². The van der Waals surface area contributed by atoms with Gasteiger partial charge in [-0.2, -0.15) is 0 Å². The van der Waals surface area contributed by atoms with E-state index in [1.54, 1.807) is 0 Å². The van der Waals surface area contributed by atoms with Crippen molar-refractivity contribution >= 4 is 16.7 Å². The number of halogens is 1. The Morgan fingerprint density at radius 2 is 1.69 bits per heavy atom. The van der Waals surface area contributed by atoms with E-state index in [2.05, 4.69) is 21.9 Å². The van der Waals surface area contributed by atoms with E-state index < -0.39 is 0 Å². The molecule has 134 valence electrons. The minimum Gasteiger partial charge on any atom is -0.395 e. The van der Waals surface area contributed by atoms with Gasteiger partial charge < -0.3 is 10.0 Å². The number of benzene rings is 2. The van der Waals surface area contributed by atoms with Gasteiger partial charge in [0, 0.05) is 38.1 Å². The zero-order valence-corrected chi connectivity index (χ0v) is 14.6. The molecule has 3 aromatic rings. The summed E-state index contributed by atoms with van der Waals surface area (Å²) in [6.07, 6.45) is 0. The average Bonchev–Trinajstić information content (AvgIpc) is 2.69. The van der Waals surface area contributed by atoms with Gasteiger partial charge in [0.1, 0.15) is 11.6 Å². The summed E-state index contributed by atoms with van der Waals surface area (Å²) in [6.45, 7) is 4.52. The van der Waals surface area contributed by atoms with Crippen LogP contribution in [0.2, 0.25) is 0 Å². The quantitative estimate of drug-likeness (QED) is 0.784. The number of anilines is 1. The third-order valence-electron chi connectivity index (χ3n) is 4.97. The Labute approximate surface area is 152 Å². The Hall–Kier alpha value is -2.50. The molecule has 0 spiro atoms. The van der Waals surface area contributed by atoms with E-state index in [9.17, 15) is 4.39 Å². The van der Waals surface area contributed by atoms with E-state index in [-0.39, 0.29) is 12.4 Å². The second-order valence-electron chi connectivity index (χ2n) is 6.60. The van der Waals surface area contributed by atoms with Gasteiger partial charge in [-0.05, 0) is 35.4 Å². The first-order chi connectivity index (χ1) is 12.7. The second-order valence-corrected chi connectivity index (χ2v) is 6.60. The maximum absolute atomic E-state index is 13.3. The molecule has 5 heteroatoms. The molecule has 26 heavy (non-hydrogen) atoms. The van der Waals surface area contributed by atoms with Crippen LogP contribution in [0.25, 0.3) is 22.0 Å². The predicted octanol–water partition coefficient (Wildman–Crippen LogP) is 3.16. The summed E-state index contributed by atoms with van der Waals surface area (Å²) >= 11 is 0. The zero-order chi connectivity index (χ0) is 17.9. The summed E-state index contributed by atoms with van der Waals surface area (Å²) < 4.78 is 13.3. The molecule has 0 unspecified atom stereocenters. The molecular formula is C21H22FN3O. The van der Waals surface area contributed by atoms with Gasteiger partial charge in [0.2, 0.25) is 0 Å². The van der Waals surface area contributed by atoms with E-state index >= 15 is 0 Å². The fourth-order valence-electron chi connectivity index (χ4n) is 3.53. The summed E-state index contributed by atoms with van der Waals surface area (Å²) in [5.41, 5.74) is 3.01. The number of pyridine rings is 1. The molecule has 4 rings (SSSR count). The molecule has 0 bridgehead atoms. The minimum atomic E-state index is -0.229. The topological polar surface area (TPSA) is 39.6 Å². The number of aliphatic hydroxyl groups excluding tert-OH is 1. The monoisotopic (exact) mass is 351 g/mol. The average molecular weight is 351 g/mol. The Morgan fingerprint density at radius 1 is 0.962 bits per heavy atom. The van der Waals surface area contributed by atoms with E-state index in [1.807, 2.05) is 30.3 Å². The normalized spacial score (nSPS) is 15.5. The summed E-state index contributed by atoms with van der Waals surface area (Å²) in [5, 5.41) is 10.2. The number of aromatic nitrogens is 1. The van der Waals surface area contributed by atoms with Crippen molar-refractivity contribution in [1.82, 2.24) is 9.88 Å². The van der Waals surface area contributed by atoms with Crippen molar-refractivity contribution in [3.8, 4) is 11.1 Å². The summed E-state index contributed by atoms with van der Waals surface area (Å²) in [5.74, 6) is 0.721. The highest BCUT2D eigenvalue weighted by Crippen LogP contribution is 2.31. The van der Waals surface area contributed by atoms with Gasteiger partial charge >= 0.3 is 0 Å². The first-order valence-electron chi connectivity index (χ1n) is 8.98. The third kappa shape index (κ3) is 3.41. The van der Waals surface area contributed by atoms with Gasteiger partial charge in [-0.1, -0.05) is 30.3 Å². The maximum atomic E-state index is 13.3. The van der Waals surface area contributed by atoms with Crippen LogP contribution in [-0.2, 0) is 0 Å². The first-order valence-corrected chi connectivity index (χ1v) is 8.98. The standard InChI is InChI=1S/C21H22FN3O/c22-17-7-5-16(6-8-17)19-15-21(23-20-4-2-1-3-18(19)20)25-11-9-24(10-12-25)13-14-26/h1-8,15,26H,9-14H2. The van der Waals surface area contributed by atoms with Crippen LogP contribution in [0.15, 0.2) is 54.6 Å². The molecule has 1 fully saturated rings. The Balaban J connectivity index is 1.71. The van der Waals surface area contributed by atoms with Crippen molar-refractivity contribution in [3.63, 3.8) is 0 Å². The van der Waals surface area contributed by atoms with Crippen LogP contribution in [0, 0.1) is 5.82 Å². The molecule has 1 aromatic heterocycles. The molecule has 1 saturated heterocycles. The highest BCUT2D eigenvalue weighted by atomic mass is 19.1. The number of β-amino-alcohol motifs (C(OH)–C–C–N with tert-alkyl or cyclic N) is 1. The smallest absolute Gasteiger partial charge is 0.129 e. The molecule has 0 atom stereocenters. The number of aliphatic hydroxyl groups is 1. The van der Waals surface area contributed by atoms with Gasteiger partial charge in [-0.3, -0.25) is 4.90 Å². The lowest BCUT2D eigenvalue weighted by molar-refractivity contribution is 0.188. The molecule has 0 aliphatic carbocycles. The summed E-state index contributed by atoms with van der Waals surface area (Å²) in [4.78, 5) is 9.40. The lowest BCUT2D eigenvalue weighted by Gasteiger charge is -2.35. The molecule has 2 aromatic carbocycles. The predicted molar refractivity (Wildman–Crippen MR) is 103 cm³/mol. The number of nitrogens with zero attached hydrogens (tertiary/aromatic N) is 3. The van der Waals surface area contributed by atoms with Crippen molar-refractivity contribution in [2.75, 3.05) is 44.2 Å². The Bertz CT molecular complexity index is 889. The number of hydrogen-bond acceptors (Lipinski definition) is 4. The molecule has 2 heterocycles. The molecule has 4 nitrogen and oxygen atoms in total. The van der Waals surface area contributed by atoms with Crippen molar-refractivity contribution in [2.24, 2.45) is 0 Å². The van der Waals surface area contributed by atoms with Crippen LogP contribution in [-0.4, -0.2) is 54.3 Å². The van der Waals surface area contributed by atoms with Crippen LogP contribution < -0.4 is 4.90 Å². The summed E-state index contributed by atoms with van der Waals surface area (Å²) in [7, 11) is 0. The molecule has 1 N–H and O–H groups in total. The van der Waals surface area contributed by atoms with E-state index in [0.29, 0.717) is 0 Å². The van der Waals surface area contributed by atoms with Gasteiger partial charge in [0.15, 0.2) is 0 Å². The SMILES string of the molecule is OCCN1CCN(c2cc(-c3ccc(F)cc3)c3ccccc3n2)CC1. The van der Waals surface area contributed by atoms with Crippen molar-refractivity contribution < 1.29 is 9.50 Å².